The van der Waals surface area contributed by atoms with Crippen molar-refractivity contribution in [3.8, 4) is 0 Å². The van der Waals surface area contributed by atoms with Crippen molar-refractivity contribution in [3.05, 3.63) is 34.4 Å². The van der Waals surface area contributed by atoms with Gasteiger partial charge in [0.25, 0.3) is 5.69 Å². The second kappa shape index (κ2) is 6.60. The predicted octanol–water partition coefficient (Wildman–Crippen LogP) is -0.225. The van der Waals surface area contributed by atoms with Crippen LogP contribution in [0.2, 0.25) is 0 Å². The summed E-state index contributed by atoms with van der Waals surface area (Å²) in [6, 6.07) is 4.58. The third-order valence-electron chi connectivity index (χ3n) is 3.62. The van der Waals surface area contributed by atoms with Crippen LogP contribution >= 0.6 is 0 Å². The minimum atomic E-state index is -3.98. The van der Waals surface area contributed by atoms with Crippen molar-refractivity contribution < 1.29 is 18.1 Å². The maximum atomic E-state index is 12.6. The molecule has 0 spiro atoms. The van der Waals surface area contributed by atoms with Gasteiger partial charge in [-0.05, 0) is 13.0 Å². The molecule has 0 bridgehead atoms. The molecule has 0 aromatic heterocycles. The summed E-state index contributed by atoms with van der Waals surface area (Å²) >= 11 is 0. The zero-order valence-corrected chi connectivity index (χ0v) is 13.4. The number of rotatable bonds is 4. The van der Waals surface area contributed by atoms with E-state index in [0.29, 0.717) is 0 Å². The molecule has 2 N–H and O–H groups in total. The fraction of sp³-hybridized carbons (Fsp3) is 0.462. The van der Waals surface area contributed by atoms with Gasteiger partial charge in [0.15, 0.2) is 4.90 Å². The van der Waals surface area contributed by atoms with Gasteiger partial charge in [0, 0.05) is 32.2 Å². The Hall–Kier alpha value is -2.04. The highest BCUT2D eigenvalue weighted by atomic mass is 32.2. The number of nitrogens with two attached hydrogens (primary N) is 1. The van der Waals surface area contributed by atoms with Crippen LogP contribution in [0.1, 0.15) is 6.92 Å². The van der Waals surface area contributed by atoms with Crippen LogP contribution < -0.4 is 5.73 Å². The second-order valence-corrected chi connectivity index (χ2v) is 7.15. The van der Waals surface area contributed by atoms with E-state index >= 15 is 0 Å². The number of hydrogen-bond donors (Lipinski definition) is 1. The van der Waals surface area contributed by atoms with E-state index in [2.05, 4.69) is 0 Å². The summed E-state index contributed by atoms with van der Waals surface area (Å²) in [5, 5.41) is 11.0. The van der Waals surface area contributed by atoms with Crippen molar-refractivity contribution in [2.45, 2.75) is 17.9 Å². The van der Waals surface area contributed by atoms with Crippen LogP contribution in [0.4, 0.5) is 5.69 Å². The summed E-state index contributed by atoms with van der Waals surface area (Å²) < 4.78 is 26.4. The van der Waals surface area contributed by atoms with Crippen molar-refractivity contribution in [1.82, 2.24) is 9.21 Å². The zero-order valence-electron chi connectivity index (χ0n) is 12.6. The summed E-state index contributed by atoms with van der Waals surface area (Å²) in [4.78, 5) is 23.3. The van der Waals surface area contributed by atoms with Gasteiger partial charge in [0.1, 0.15) is 0 Å². The number of carbonyl (C=O) groups excluding carboxylic acids is 1. The number of hydrogen-bond acceptors (Lipinski definition) is 6. The molecule has 0 unspecified atom stereocenters. The number of nitro benzene ring substituents is 1. The van der Waals surface area contributed by atoms with Gasteiger partial charge in [-0.2, -0.15) is 4.31 Å². The van der Waals surface area contributed by atoms with E-state index in [1.54, 1.807) is 6.92 Å². The van der Waals surface area contributed by atoms with Gasteiger partial charge < -0.3 is 10.6 Å². The van der Waals surface area contributed by atoms with Crippen molar-refractivity contribution in [1.29, 1.82) is 0 Å². The monoisotopic (exact) mass is 342 g/mol. The zero-order chi connectivity index (χ0) is 17.2. The molecule has 1 aliphatic rings. The molecule has 9 nitrogen and oxygen atoms in total. The molecule has 10 heteroatoms. The minimum absolute atomic E-state index is 0.0762. The molecule has 2 rings (SSSR count). The molecule has 1 amide bonds. The lowest BCUT2D eigenvalue weighted by Crippen LogP contribution is -2.53. The molecule has 126 valence electrons. The fourth-order valence-electron chi connectivity index (χ4n) is 2.40. The number of carbonyl (C=O) groups is 1. The Morgan fingerprint density at radius 1 is 1.26 bits per heavy atom. The van der Waals surface area contributed by atoms with E-state index in [9.17, 15) is 23.3 Å². The molecular formula is C13H18N4O5S. The first-order chi connectivity index (χ1) is 10.7. The molecule has 0 radical (unpaired) electrons. The Morgan fingerprint density at radius 3 is 2.35 bits per heavy atom. The van der Waals surface area contributed by atoms with E-state index < -0.39 is 26.7 Å². The maximum Gasteiger partial charge on any atom is 0.289 e. The first-order valence-corrected chi connectivity index (χ1v) is 8.47. The topological polar surface area (TPSA) is 127 Å². The van der Waals surface area contributed by atoms with Crippen LogP contribution in [0.5, 0.6) is 0 Å². The molecule has 1 fully saturated rings. The average Bonchev–Trinajstić information content (AvgIpc) is 2.54. The molecule has 1 aliphatic heterocycles. The van der Waals surface area contributed by atoms with Crippen molar-refractivity contribution in [3.63, 3.8) is 0 Å². The normalized spacial score (nSPS) is 17.7. The van der Waals surface area contributed by atoms with E-state index in [0.717, 1.165) is 10.4 Å². The van der Waals surface area contributed by atoms with Crippen LogP contribution in [0, 0.1) is 10.1 Å². The molecular weight excluding hydrogens is 324 g/mol. The Bertz CT molecular complexity index is 711. The van der Waals surface area contributed by atoms with Gasteiger partial charge >= 0.3 is 0 Å². The second-order valence-electron chi connectivity index (χ2n) is 5.24. The highest BCUT2D eigenvalue weighted by Crippen LogP contribution is 2.26. The Balaban J connectivity index is 2.20. The number of amides is 1. The maximum absolute atomic E-state index is 12.6. The first-order valence-electron chi connectivity index (χ1n) is 7.03. The van der Waals surface area contributed by atoms with Gasteiger partial charge in [0.2, 0.25) is 15.9 Å². The SMILES string of the molecule is C[C@@H](N)C(=O)N1CCN(S(=O)(=O)c2ccccc2[N+](=O)[O-])CC1. The van der Waals surface area contributed by atoms with Crippen LogP contribution in [-0.4, -0.2) is 60.7 Å². The summed E-state index contributed by atoms with van der Waals surface area (Å²) in [5.41, 5.74) is 5.08. The van der Waals surface area contributed by atoms with Crippen molar-refractivity contribution in [2.75, 3.05) is 26.2 Å². The molecule has 23 heavy (non-hydrogen) atoms. The smallest absolute Gasteiger partial charge is 0.289 e. The quantitative estimate of drug-likeness (QED) is 0.595. The molecule has 1 heterocycles. The van der Waals surface area contributed by atoms with Crippen LogP contribution in [0.25, 0.3) is 0 Å². The van der Waals surface area contributed by atoms with Gasteiger partial charge in [-0.15, -0.1) is 0 Å². The number of nitrogens with zero attached hydrogens (tertiary/aromatic N) is 3. The van der Waals surface area contributed by atoms with Crippen molar-refractivity contribution in [2.24, 2.45) is 5.73 Å². The fourth-order valence-corrected chi connectivity index (χ4v) is 3.98. The lowest BCUT2D eigenvalue weighted by Gasteiger charge is -2.34. The largest absolute Gasteiger partial charge is 0.339 e. The molecule has 1 atom stereocenters. The summed E-state index contributed by atoms with van der Waals surface area (Å²) in [6.45, 7) is 2.14. The van der Waals surface area contributed by atoms with E-state index in [1.807, 2.05) is 0 Å². The Morgan fingerprint density at radius 2 is 1.83 bits per heavy atom. The average molecular weight is 342 g/mol. The van der Waals surface area contributed by atoms with E-state index in [1.165, 1.54) is 23.1 Å². The number of benzene rings is 1. The molecule has 0 saturated carbocycles. The number of nitro groups is 1. The Labute approximate surface area is 133 Å². The summed E-state index contributed by atoms with van der Waals surface area (Å²) in [5.74, 6) is -0.243. The third kappa shape index (κ3) is 3.49. The van der Waals surface area contributed by atoms with Gasteiger partial charge in [-0.25, -0.2) is 8.42 Å². The van der Waals surface area contributed by atoms with Gasteiger partial charge in [0.05, 0.1) is 11.0 Å². The van der Waals surface area contributed by atoms with Crippen molar-refractivity contribution >= 4 is 21.6 Å². The molecule has 1 aromatic rings. The predicted molar refractivity (Wildman–Crippen MR) is 82.1 cm³/mol. The number of sulfonamides is 1. The molecule has 0 aliphatic carbocycles. The van der Waals surface area contributed by atoms with E-state index in [-0.39, 0.29) is 37.0 Å². The number of para-hydroxylation sites is 1. The van der Waals surface area contributed by atoms with Crippen LogP contribution in [0.15, 0.2) is 29.2 Å². The molecule has 1 saturated heterocycles. The van der Waals surface area contributed by atoms with E-state index in [4.69, 9.17) is 5.73 Å². The third-order valence-corrected chi connectivity index (χ3v) is 5.57. The van der Waals surface area contributed by atoms with Crippen LogP contribution in [0.3, 0.4) is 0 Å². The first kappa shape index (κ1) is 17.3. The van der Waals surface area contributed by atoms with Crippen LogP contribution in [-0.2, 0) is 14.8 Å². The summed E-state index contributed by atoms with van der Waals surface area (Å²) in [7, 11) is -3.98. The lowest BCUT2D eigenvalue weighted by molar-refractivity contribution is -0.387. The molecule has 1 aromatic carbocycles. The highest BCUT2D eigenvalue weighted by molar-refractivity contribution is 7.89. The Kier molecular flexibility index (Phi) is 4.97. The minimum Gasteiger partial charge on any atom is -0.339 e. The lowest BCUT2D eigenvalue weighted by atomic mass is 10.2. The van der Waals surface area contributed by atoms with Gasteiger partial charge in [-0.1, -0.05) is 12.1 Å². The standard InChI is InChI=1S/C13H18N4O5S/c1-10(14)13(18)15-6-8-16(9-7-15)23(21,22)12-5-3-2-4-11(12)17(19)20/h2-5,10H,6-9,14H2,1H3/t10-/m1/s1. The summed E-state index contributed by atoms with van der Waals surface area (Å²) in [6.07, 6.45) is 0. The number of piperazine rings is 1. The highest BCUT2D eigenvalue weighted by Gasteiger charge is 2.34. The van der Waals surface area contributed by atoms with Gasteiger partial charge in [-0.3, -0.25) is 14.9 Å².